The van der Waals surface area contributed by atoms with Crippen LogP contribution in [-0.4, -0.2) is 25.5 Å². The maximum atomic E-state index is 13.4. The van der Waals surface area contributed by atoms with Crippen LogP contribution in [0.25, 0.3) is 0 Å². The highest BCUT2D eigenvalue weighted by Crippen LogP contribution is 2.27. The molecule has 0 aliphatic heterocycles. The molecule has 0 atom stereocenters. The molecule has 2 rings (SSSR count). The van der Waals surface area contributed by atoms with Gasteiger partial charge >= 0.3 is 5.97 Å². The fourth-order valence-electron chi connectivity index (χ4n) is 2.23. The zero-order valence-electron chi connectivity index (χ0n) is 10.4. The van der Waals surface area contributed by atoms with Gasteiger partial charge in [0.2, 0.25) is 10.0 Å². The first kappa shape index (κ1) is 15.2. The predicted octanol–water partition coefficient (Wildman–Crippen LogP) is 2.40. The Kier molecular flexibility index (Phi) is 4.31. The number of carboxylic acid groups (broad SMARTS) is 1. The van der Waals surface area contributed by atoms with Gasteiger partial charge < -0.3 is 5.11 Å². The van der Waals surface area contributed by atoms with Gasteiger partial charge in [-0.3, -0.25) is 0 Å². The molecule has 0 unspecified atom stereocenters. The SMILES string of the molecule is O=C(O)c1cc(S(=O)(=O)NC2CCCC2)c(Cl)cc1F. The van der Waals surface area contributed by atoms with Gasteiger partial charge in [-0.25, -0.2) is 22.3 Å². The Morgan fingerprint density at radius 2 is 1.95 bits per heavy atom. The molecule has 1 fully saturated rings. The van der Waals surface area contributed by atoms with Crippen LogP contribution in [0.2, 0.25) is 5.02 Å². The second-order valence-corrected chi connectivity index (χ2v) is 6.76. The molecule has 0 amide bonds. The predicted molar refractivity (Wildman–Crippen MR) is 70.9 cm³/mol. The highest BCUT2D eigenvalue weighted by molar-refractivity contribution is 7.89. The van der Waals surface area contributed by atoms with Crippen LogP contribution in [-0.2, 0) is 10.0 Å². The van der Waals surface area contributed by atoms with Crippen LogP contribution in [0, 0.1) is 5.82 Å². The quantitative estimate of drug-likeness (QED) is 0.892. The Morgan fingerprint density at radius 3 is 2.50 bits per heavy atom. The molecule has 1 aliphatic carbocycles. The molecule has 0 heterocycles. The minimum absolute atomic E-state index is 0.186. The van der Waals surface area contributed by atoms with E-state index < -0.39 is 32.3 Å². The maximum absolute atomic E-state index is 13.4. The molecule has 110 valence electrons. The number of sulfonamides is 1. The third kappa shape index (κ3) is 3.11. The average Bonchev–Trinajstić information content (AvgIpc) is 2.79. The van der Waals surface area contributed by atoms with Crippen LogP contribution in [0.1, 0.15) is 36.0 Å². The molecule has 1 aliphatic rings. The molecule has 8 heteroatoms. The molecule has 20 heavy (non-hydrogen) atoms. The van der Waals surface area contributed by atoms with Crippen molar-refractivity contribution in [2.24, 2.45) is 0 Å². The van der Waals surface area contributed by atoms with Gasteiger partial charge in [-0.1, -0.05) is 24.4 Å². The van der Waals surface area contributed by atoms with Crippen molar-refractivity contribution in [3.05, 3.63) is 28.5 Å². The number of halogens is 2. The molecule has 1 aromatic rings. The number of carboxylic acids is 1. The van der Waals surface area contributed by atoms with Gasteiger partial charge in [-0.15, -0.1) is 0 Å². The lowest BCUT2D eigenvalue weighted by Crippen LogP contribution is -2.33. The third-order valence-electron chi connectivity index (χ3n) is 3.22. The highest BCUT2D eigenvalue weighted by Gasteiger charge is 2.27. The van der Waals surface area contributed by atoms with Crippen LogP contribution in [0.5, 0.6) is 0 Å². The molecule has 0 saturated heterocycles. The lowest BCUT2D eigenvalue weighted by atomic mass is 10.2. The van der Waals surface area contributed by atoms with Gasteiger partial charge in [-0.2, -0.15) is 0 Å². The first-order chi connectivity index (χ1) is 9.31. The molecule has 0 bridgehead atoms. The highest BCUT2D eigenvalue weighted by atomic mass is 35.5. The number of rotatable bonds is 4. The third-order valence-corrected chi connectivity index (χ3v) is 5.20. The van der Waals surface area contributed by atoms with Crippen molar-refractivity contribution in [3.63, 3.8) is 0 Å². The van der Waals surface area contributed by atoms with Gasteiger partial charge in [0.25, 0.3) is 0 Å². The largest absolute Gasteiger partial charge is 0.478 e. The van der Waals surface area contributed by atoms with E-state index in [9.17, 15) is 17.6 Å². The summed E-state index contributed by atoms with van der Waals surface area (Å²) in [5.41, 5.74) is -0.721. The van der Waals surface area contributed by atoms with Crippen molar-refractivity contribution in [1.29, 1.82) is 0 Å². The monoisotopic (exact) mass is 321 g/mol. The smallest absolute Gasteiger partial charge is 0.338 e. The Hall–Kier alpha value is -1.18. The van der Waals surface area contributed by atoms with Gasteiger partial charge in [-0.05, 0) is 25.0 Å². The summed E-state index contributed by atoms with van der Waals surface area (Å²) in [5, 5.41) is 8.50. The topological polar surface area (TPSA) is 83.5 Å². The number of hydrogen-bond acceptors (Lipinski definition) is 3. The first-order valence-electron chi connectivity index (χ1n) is 6.06. The molecular formula is C12H13ClFNO4S. The number of hydrogen-bond donors (Lipinski definition) is 2. The van der Waals surface area contributed by atoms with Crippen LogP contribution >= 0.6 is 11.6 Å². The molecule has 1 aromatic carbocycles. The van der Waals surface area contributed by atoms with E-state index in [0.717, 1.165) is 31.7 Å². The van der Waals surface area contributed by atoms with Crippen molar-refractivity contribution < 1.29 is 22.7 Å². The summed E-state index contributed by atoms with van der Waals surface area (Å²) in [4.78, 5) is 10.4. The van der Waals surface area contributed by atoms with Crippen LogP contribution in [0.15, 0.2) is 17.0 Å². The summed E-state index contributed by atoms with van der Waals surface area (Å²) in [6.45, 7) is 0. The van der Waals surface area contributed by atoms with Crippen LogP contribution < -0.4 is 4.72 Å². The Balaban J connectivity index is 2.40. The molecule has 0 aromatic heterocycles. The molecular weight excluding hydrogens is 309 g/mol. The van der Waals surface area contributed by atoms with Crippen molar-refractivity contribution >= 4 is 27.6 Å². The number of nitrogens with one attached hydrogen (secondary N) is 1. The number of carbonyl (C=O) groups is 1. The summed E-state index contributed by atoms with van der Waals surface area (Å²) in [6, 6.07) is 1.26. The fraction of sp³-hybridized carbons (Fsp3) is 0.417. The van der Waals surface area contributed by atoms with E-state index in [1.165, 1.54) is 0 Å². The Labute approximate surface area is 120 Å². The summed E-state index contributed by atoms with van der Waals surface area (Å²) in [7, 11) is -3.96. The van der Waals surface area contributed by atoms with E-state index >= 15 is 0 Å². The molecule has 0 spiro atoms. The van der Waals surface area contributed by atoms with Crippen LogP contribution in [0.3, 0.4) is 0 Å². The summed E-state index contributed by atoms with van der Waals surface area (Å²) in [5.74, 6) is -2.61. The Morgan fingerprint density at radius 1 is 1.35 bits per heavy atom. The van der Waals surface area contributed by atoms with Crippen molar-refractivity contribution in [2.45, 2.75) is 36.6 Å². The van der Waals surface area contributed by atoms with Crippen LogP contribution in [0.4, 0.5) is 4.39 Å². The van der Waals surface area contributed by atoms with Gasteiger partial charge in [0.05, 0.1) is 10.6 Å². The second-order valence-electron chi connectivity index (χ2n) is 4.67. The zero-order chi connectivity index (χ0) is 14.9. The molecule has 0 radical (unpaired) electrons. The van der Waals surface area contributed by atoms with Gasteiger partial charge in [0.15, 0.2) is 0 Å². The van der Waals surface area contributed by atoms with E-state index in [1.54, 1.807) is 0 Å². The van der Waals surface area contributed by atoms with Crippen molar-refractivity contribution in [3.8, 4) is 0 Å². The van der Waals surface area contributed by atoms with Crippen molar-refractivity contribution in [2.75, 3.05) is 0 Å². The fourth-order valence-corrected chi connectivity index (χ4v) is 4.07. The standard InChI is InChI=1S/C12H13ClFNO4S/c13-9-6-10(14)8(12(16)17)5-11(9)20(18,19)15-7-3-1-2-4-7/h5-7,15H,1-4H2,(H,16,17). The Bertz CT molecular complexity index is 641. The minimum Gasteiger partial charge on any atom is -0.478 e. The van der Waals surface area contributed by atoms with Gasteiger partial charge in [0.1, 0.15) is 10.7 Å². The molecule has 1 saturated carbocycles. The molecule has 5 nitrogen and oxygen atoms in total. The number of aromatic carboxylic acids is 1. The second kappa shape index (κ2) is 5.67. The zero-order valence-corrected chi connectivity index (χ0v) is 12.0. The van der Waals surface area contributed by atoms with Gasteiger partial charge in [0, 0.05) is 6.04 Å². The van der Waals surface area contributed by atoms with E-state index in [0.29, 0.717) is 6.07 Å². The van der Waals surface area contributed by atoms with Crippen molar-refractivity contribution in [1.82, 2.24) is 4.72 Å². The van der Waals surface area contributed by atoms with E-state index in [-0.39, 0.29) is 11.1 Å². The summed E-state index contributed by atoms with van der Waals surface area (Å²) >= 11 is 5.72. The van der Waals surface area contributed by atoms with E-state index in [4.69, 9.17) is 16.7 Å². The number of benzene rings is 1. The van der Waals surface area contributed by atoms with E-state index in [1.807, 2.05) is 0 Å². The van der Waals surface area contributed by atoms with E-state index in [2.05, 4.69) is 4.72 Å². The summed E-state index contributed by atoms with van der Waals surface area (Å²) in [6.07, 6.45) is 3.32. The maximum Gasteiger partial charge on any atom is 0.338 e. The normalized spacial score (nSPS) is 16.5. The lowest BCUT2D eigenvalue weighted by molar-refractivity contribution is 0.0691. The first-order valence-corrected chi connectivity index (χ1v) is 7.92. The lowest BCUT2D eigenvalue weighted by Gasteiger charge is -2.14. The summed E-state index contributed by atoms with van der Waals surface area (Å²) < 4.78 is 40.2. The average molecular weight is 322 g/mol. The minimum atomic E-state index is -3.96. The molecule has 2 N–H and O–H groups in total.